The summed E-state index contributed by atoms with van der Waals surface area (Å²) in [7, 11) is 0. The molecule has 5 heteroatoms. The molecule has 4 aromatic carbocycles. The van der Waals surface area contributed by atoms with Gasteiger partial charge in [-0.15, -0.1) is 0 Å². The highest BCUT2D eigenvalue weighted by molar-refractivity contribution is 5.79. The van der Waals surface area contributed by atoms with Crippen molar-refractivity contribution >= 4 is 16.9 Å². The molecule has 1 aromatic heterocycles. The van der Waals surface area contributed by atoms with Crippen LogP contribution in [0.5, 0.6) is 5.75 Å². The second-order valence-corrected chi connectivity index (χ2v) is 9.98. The summed E-state index contributed by atoms with van der Waals surface area (Å²) >= 11 is 0. The lowest BCUT2D eigenvalue weighted by Crippen LogP contribution is -2.26. The van der Waals surface area contributed by atoms with Gasteiger partial charge in [-0.2, -0.15) is 0 Å². The minimum Gasteiger partial charge on any atom is -0.491 e. The molecule has 5 rings (SSSR count). The molecule has 1 heterocycles. The van der Waals surface area contributed by atoms with Crippen molar-refractivity contribution in [1.82, 2.24) is 14.9 Å². The summed E-state index contributed by atoms with van der Waals surface area (Å²) in [6.07, 6.45) is 1.98. The number of imidazole rings is 1. The molecule has 0 unspecified atom stereocenters. The van der Waals surface area contributed by atoms with Crippen LogP contribution >= 0.6 is 0 Å². The minimum atomic E-state index is 0.0397. The van der Waals surface area contributed by atoms with Crippen molar-refractivity contribution in [3.05, 3.63) is 120 Å². The van der Waals surface area contributed by atoms with E-state index in [9.17, 15) is 4.79 Å². The summed E-state index contributed by atoms with van der Waals surface area (Å²) in [5.74, 6) is 1.99. The fourth-order valence-electron chi connectivity index (χ4n) is 4.84. The van der Waals surface area contributed by atoms with Crippen molar-refractivity contribution in [3.8, 4) is 16.9 Å². The van der Waals surface area contributed by atoms with Crippen molar-refractivity contribution in [3.63, 3.8) is 0 Å². The zero-order valence-corrected chi connectivity index (χ0v) is 22.7. The Morgan fingerprint density at radius 1 is 0.872 bits per heavy atom. The van der Waals surface area contributed by atoms with Crippen molar-refractivity contribution in [2.75, 3.05) is 13.2 Å². The van der Waals surface area contributed by atoms with Gasteiger partial charge in [-0.05, 0) is 66.3 Å². The van der Waals surface area contributed by atoms with Crippen LogP contribution in [0, 0.1) is 13.8 Å². The number of aryl methyl sites for hydroxylation is 3. The smallest absolute Gasteiger partial charge is 0.224 e. The van der Waals surface area contributed by atoms with Gasteiger partial charge >= 0.3 is 0 Å². The molecule has 1 amide bonds. The average Bonchev–Trinajstić information content (AvgIpc) is 3.31. The van der Waals surface area contributed by atoms with Gasteiger partial charge in [-0.1, -0.05) is 78.9 Å². The molecule has 1 N–H and O–H groups in total. The Kier molecular flexibility index (Phi) is 8.37. The second kappa shape index (κ2) is 12.4. The second-order valence-electron chi connectivity index (χ2n) is 9.98. The molecular formula is C34H35N3O2. The highest BCUT2D eigenvalue weighted by Gasteiger charge is 2.11. The first kappa shape index (κ1) is 26.2. The van der Waals surface area contributed by atoms with Crippen LogP contribution in [0.1, 0.15) is 28.9 Å². The Labute approximate surface area is 230 Å². The standard InChI is InChI=1S/C34H35N3O2/c1-25-14-15-26(2)32(23-25)39-22-21-37-31-12-7-6-11-30(31)36-33(37)13-8-20-35-34(38)24-27-16-18-29(19-17-27)28-9-4-3-5-10-28/h3-7,9-12,14-19,23H,8,13,20-22,24H2,1-2H3,(H,35,38). The van der Waals surface area contributed by atoms with Gasteiger partial charge in [0.2, 0.25) is 5.91 Å². The fraction of sp³-hybridized carbons (Fsp3) is 0.235. The largest absolute Gasteiger partial charge is 0.491 e. The molecule has 0 atom stereocenters. The van der Waals surface area contributed by atoms with Crippen molar-refractivity contribution in [2.45, 2.75) is 39.7 Å². The van der Waals surface area contributed by atoms with Gasteiger partial charge in [-0.3, -0.25) is 4.79 Å². The SMILES string of the molecule is Cc1ccc(C)c(OCCn2c(CCCNC(=O)Cc3ccc(-c4ccccc4)cc3)nc3ccccc32)c1. The average molecular weight is 518 g/mol. The van der Waals surface area contributed by atoms with E-state index in [1.807, 2.05) is 48.5 Å². The van der Waals surface area contributed by atoms with Gasteiger partial charge in [0.05, 0.1) is 24.0 Å². The topological polar surface area (TPSA) is 56.1 Å². The number of ether oxygens (including phenoxy) is 1. The Morgan fingerprint density at radius 2 is 1.62 bits per heavy atom. The fourth-order valence-corrected chi connectivity index (χ4v) is 4.84. The molecular weight excluding hydrogens is 482 g/mol. The number of fused-ring (bicyclic) bond motifs is 1. The van der Waals surface area contributed by atoms with Crippen LogP contribution in [0.3, 0.4) is 0 Å². The van der Waals surface area contributed by atoms with Crippen LogP contribution in [-0.2, 0) is 24.2 Å². The molecule has 0 spiro atoms. The lowest BCUT2D eigenvalue weighted by Gasteiger charge is -2.13. The predicted octanol–water partition coefficient (Wildman–Crippen LogP) is 6.69. The van der Waals surface area contributed by atoms with E-state index in [4.69, 9.17) is 9.72 Å². The van der Waals surface area contributed by atoms with Crippen molar-refractivity contribution < 1.29 is 9.53 Å². The minimum absolute atomic E-state index is 0.0397. The number of benzene rings is 4. The normalized spacial score (nSPS) is 11.0. The Bertz CT molecular complexity index is 1540. The van der Waals surface area contributed by atoms with Crippen molar-refractivity contribution in [1.29, 1.82) is 0 Å². The van der Waals surface area contributed by atoms with Crippen LogP contribution in [0.4, 0.5) is 0 Å². The van der Waals surface area contributed by atoms with Crippen LogP contribution in [0.15, 0.2) is 97.1 Å². The van der Waals surface area contributed by atoms with Gasteiger partial charge in [0.1, 0.15) is 18.2 Å². The zero-order chi connectivity index (χ0) is 27.0. The summed E-state index contributed by atoms with van der Waals surface area (Å²) < 4.78 is 8.38. The Hall–Kier alpha value is -4.38. The molecule has 0 aliphatic rings. The summed E-state index contributed by atoms with van der Waals surface area (Å²) in [6.45, 7) is 6.05. The number of amides is 1. The first-order chi connectivity index (χ1) is 19.1. The maximum Gasteiger partial charge on any atom is 0.224 e. The van der Waals surface area contributed by atoms with Gasteiger partial charge in [0.25, 0.3) is 0 Å². The van der Waals surface area contributed by atoms with Crippen molar-refractivity contribution in [2.24, 2.45) is 0 Å². The highest BCUT2D eigenvalue weighted by atomic mass is 16.5. The molecule has 5 aromatic rings. The summed E-state index contributed by atoms with van der Waals surface area (Å²) in [4.78, 5) is 17.4. The molecule has 5 nitrogen and oxygen atoms in total. The van der Waals surface area contributed by atoms with Gasteiger partial charge in [-0.25, -0.2) is 4.98 Å². The van der Waals surface area contributed by atoms with Crippen LogP contribution in [0.25, 0.3) is 22.2 Å². The van der Waals surface area contributed by atoms with Crippen LogP contribution < -0.4 is 10.1 Å². The van der Waals surface area contributed by atoms with E-state index < -0.39 is 0 Å². The molecule has 198 valence electrons. The number of nitrogens with zero attached hydrogens (tertiary/aromatic N) is 2. The number of para-hydroxylation sites is 2. The predicted molar refractivity (Wildman–Crippen MR) is 158 cm³/mol. The van der Waals surface area contributed by atoms with E-state index in [-0.39, 0.29) is 5.91 Å². The van der Waals surface area contributed by atoms with E-state index in [1.165, 1.54) is 11.1 Å². The van der Waals surface area contributed by atoms with E-state index in [0.717, 1.165) is 52.1 Å². The Morgan fingerprint density at radius 3 is 2.44 bits per heavy atom. The lowest BCUT2D eigenvalue weighted by molar-refractivity contribution is -0.120. The Balaban J connectivity index is 1.13. The molecule has 0 bridgehead atoms. The maximum atomic E-state index is 12.6. The summed E-state index contributed by atoms with van der Waals surface area (Å²) in [6, 6.07) is 33.0. The molecule has 0 aliphatic carbocycles. The number of carbonyl (C=O) groups is 1. The first-order valence-electron chi connectivity index (χ1n) is 13.6. The molecule has 0 saturated heterocycles. The zero-order valence-electron chi connectivity index (χ0n) is 22.7. The monoisotopic (exact) mass is 517 g/mol. The summed E-state index contributed by atoms with van der Waals surface area (Å²) in [5.41, 5.74) is 7.77. The third-order valence-electron chi connectivity index (χ3n) is 6.97. The van der Waals surface area contributed by atoms with Gasteiger partial charge in [0, 0.05) is 13.0 Å². The first-order valence-corrected chi connectivity index (χ1v) is 13.6. The molecule has 0 saturated carbocycles. The van der Waals surface area contributed by atoms with Crippen LogP contribution in [-0.4, -0.2) is 28.6 Å². The van der Waals surface area contributed by atoms with E-state index in [1.54, 1.807) is 0 Å². The molecule has 0 fully saturated rings. The molecule has 39 heavy (non-hydrogen) atoms. The van der Waals surface area contributed by atoms with E-state index in [0.29, 0.717) is 26.1 Å². The van der Waals surface area contributed by atoms with E-state index in [2.05, 4.69) is 72.3 Å². The number of nitrogens with one attached hydrogen (secondary N) is 1. The van der Waals surface area contributed by atoms with Crippen LogP contribution in [0.2, 0.25) is 0 Å². The maximum absolute atomic E-state index is 12.6. The molecule has 0 aliphatic heterocycles. The number of rotatable bonds is 11. The number of aromatic nitrogens is 2. The van der Waals surface area contributed by atoms with E-state index >= 15 is 0 Å². The third kappa shape index (κ3) is 6.74. The molecule has 0 radical (unpaired) electrons. The summed E-state index contributed by atoms with van der Waals surface area (Å²) in [5, 5.41) is 3.08. The van der Waals surface area contributed by atoms with Gasteiger partial charge < -0.3 is 14.6 Å². The number of hydrogen-bond acceptors (Lipinski definition) is 3. The van der Waals surface area contributed by atoms with Gasteiger partial charge in [0.15, 0.2) is 0 Å². The quantitative estimate of drug-likeness (QED) is 0.199. The third-order valence-corrected chi connectivity index (χ3v) is 6.97. The number of hydrogen-bond donors (Lipinski definition) is 1. The lowest BCUT2D eigenvalue weighted by atomic mass is 10.0. The number of carbonyl (C=O) groups excluding carboxylic acids is 1. The highest BCUT2D eigenvalue weighted by Crippen LogP contribution is 2.21.